The number of hydrogen-bond donors (Lipinski definition) is 1. The van der Waals surface area contributed by atoms with Crippen molar-refractivity contribution in [1.29, 1.82) is 0 Å². The third-order valence-corrected chi connectivity index (χ3v) is 4.96. The Labute approximate surface area is 106 Å². The van der Waals surface area contributed by atoms with Crippen molar-refractivity contribution in [2.24, 2.45) is 5.41 Å². The van der Waals surface area contributed by atoms with E-state index in [9.17, 15) is 8.42 Å². The summed E-state index contributed by atoms with van der Waals surface area (Å²) in [6, 6.07) is 2.80. The summed E-state index contributed by atoms with van der Waals surface area (Å²) in [7, 11) is -3.46. The van der Waals surface area contributed by atoms with Crippen LogP contribution in [0.3, 0.4) is 0 Å². The van der Waals surface area contributed by atoms with Crippen LogP contribution in [0.5, 0.6) is 0 Å². The lowest BCUT2D eigenvalue weighted by atomic mass is 10.1. The van der Waals surface area contributed by atoms with E-state index >= 15 is 0 Å². The van der Waals surface area contributed by atoms with Crippen molar-refractivity contribution < 1.29 is 8.42 Å². The van der Waals surface area contributed by atoms with Gasteiger partial charge in [0.2, 0.25) is 10.0 Å². The molecule has 0 radical (unpaired) electrons. The first-order valence-electron chi connectivity index (χ1n) is 5.59. The van der Waals surface area contributed by atoms with E-state index in [1.807, 2.05) is 0 Å². The predicted molar refractivity (Wildman–Crippen MR) is 66.4 cm³/mol. The number of halogens is 1. The smallest absolute Gasteiger partial charge is 0.240 e. The van der Waals surface area contributed by atoms with Crippen LogP contribution in [-0.4, -0.2) is 19.9 Å². The van der Waals surface area contributed by atoms with E-state index in [0.717, 1.165) is 19.3 Å². The summed E-state index contributed by atoms with van der Waals surface area (Å²) in [4.78, 5) is 3.93. The highest BCUT2D eigenvalue weighted by Gasteiger charge is 2.41. The first kappa shape index (κ1) is 12.8. The molecule has 94 valence electrons. The Hall–Kier alpha value is -0.650. The molecule has 0 bridgehead atoms. The molecule has 0 aromatic carbocycles. The molecule has 0 spiro atoms. The molecule has 0 aliphatic heterocycles. The number of hydrogen-bond acceptors (Lipinski definition) is 3. The molecule has 1 aliphatic rings. The van der Waals surface area contributed by atoms with Crippen LogP contribution in [0, 0.1) is 5.41 Å². The van der Waals surface area contributed by atoms with Crippen molar-refractivity contribution in [1.82, 2.24) is 9.71 Å². The SMILES string of the molecule is CCC1(CNS(=O)(=O)c2ccnc(Cl)c2)CC1. The molecule has 0 unspecified atom stereocenters. The molecule has 1 aromatic heterocycles. The summed E-state index contributed by atoms with van der Waals surface area (Å²) in [5.41, 5.74) is 0.184. The molecule has 0 atom stereocenters. The van der Waals surface area contributed by atoms with Crippen LogP contribution in [0.4, 0.5) is 0 Å². The molecule has 0 saturated heterocycles. The molecule has 1 heterocycles. The monoisotopic (exact) mass is 274 g/mol. The van der Waals surface area contributed by atoms with Crippen molar-refractivity contribution >= 4 is 21.6 Å². The zero-order chi connectivity index (χ0) is 12.5. The standard InChI is InChI=1S/C11H15ClN2O2S/c1-2-11(4-5-11)8-14-17(15,16)9-3-6-13-10(12)7-9/h3,6-7,14H,2,4-5,8H2,1H3. The molecule has 17 heavy (non-hydrogen) atoms. The molecule has 1 saturated carbocycles. The number of nitrogens with one attached hydrogen (secondary N) is 1. The molecule has 2 rings (SSSR count). The fraction of sp³-hybridized carbons (Fsp3) is 0.545. The van der Waals surface area contributed by atoms with Gasteiger partial charge in [-0.1, -0.05) is 18.5 Å². The van der Waals surface area contributed by atoms with Gasteiger partial charge in [-0.25, -0.2) is 18.1 Å². The van der Waals surface area contributed by atoms with E-state index in [1.54, 1.807) is 0 Å². The summed E-state index contributed by atoms with van der Waals surface area (Å²) >= 11 is 5.68. The lowest BCUT2D eigenvalue weighted by Gasteiger charge is -2.13. The largest absolute Gasteiger partial charge is 0.244 e. The van der Waals surface area contributed by atoms with Gasteiger partial charge >= 0.3 is 0 Å². The van der Waals surface area contributed by atoms with Gasteiger partial charge in [0.15, 0.2) is 0 Å². The second-order valence-corrected chi connectivity index (χ2v) is 6.65. The highest BCUT2D eigenvalue weighted by atomic mass is 35.5. The number of sulfonamides is 1. The van der Waals surface area contributed by atoms with Crippen LogP contribution in [0.1, 0.15) is 26.2 Å². The van der Waals surface area contributed by atoms with Gasteiger partial charge in [-0.15, -0.1) is 0 Å². The van der Waals surface area contributed by atoms with Crippen LogP contribution < -0.4 is 4.72 Å². The summed E-state index contributed by atoms with van der Waals surface area (Å²) in [6.45, 7) is 2.59. The van der Waals surface area contributed by atoms with Crippen LogP contribution in [-0.2, 0) is 10.0 Å². The van der Waals surface area contributed by atoms with Crippen molar-refractivity contribution in [2.75, 3.05) is 6.54 Å². The lowest BCUT2D eigenvalue weighted by Crippen LogP contribution is -2.30. The summed E-state index contributed by atoms with van der Waals surface area (Å²) in [5.74, 6) is 0. The van der Waals surface area contributed by atoms with Gasteiger partial charge in [0.1, 0.15) is 5.15 Å². The van der Waals surface area contributed by atoms with Crippen molar-refractivity contribution in [3.05, 3.63) is 23.5 Å². The maximum Gasteiger partial charge on any atom is 0.240 e. The Morgan fingerprint density at radius 1 is 1.53 bits per heavy atom. The molecular weight excluding hydrogens is 260 g/mol. The van der Waals surface area contributed by atoms with E-state index in [1.165, 1.54) is 18.3 Å². The van der Waals surface area contributed by atoms with Gasteiger partial charge in [0, 0.05) is 12.7 Å². The Bertz CT molecular complexity index is 512. The minimum Gasteiger partial charge on any atom is -0.244 e. The van der Waals surface area contributed by atoms with E-state index in [4.69, 9.17) is 11.6 Å². The van der Waals surface area contributed by atoms with E-state index in [-0.39, 0.29) is 15.5 Å². The first-order chi connectivity index (χ1) is 7.97. The molecule has 1 aromatic rings. The molecule has 6 heteroatoms. The Kier molecular flexibility index (Phi) is 3.43. The zero-order valence-corrected chi connectivity index (χ0v) is 11.2. The maximum atomic E-state index is 12.0. The lowest BCUT2D eigenvalue weighted by molar-refractivity contribution is 0.475. The summed E-state index contributed by atoms with van der Waals surface area (Å²) in [6.07, 6.45) is 4.60. The fourth-order valence-corrected chi connectivity index (χ4v) is 3.12. The van der Waals surface area contributed by atoms with E-state index in [2.05, 4.69) is 16.6 Å². The Morgan fingerprint density at radius 2 is 2.24 bits per heavy atom. The average Bonchev–Trinajstić information content (AvgIpc) is 3.07. The van der Waals surface area contributed by atoms with Crippen molar-refractivity contribution in [2.45, 2.75) is 31.1 Å². The Balaban J connectivity index is 2.09. The second kappa shape index (κ2) is 4.55. The number of rotatable bonds is 5. The normalized spacial score (nSPS) is 18.0. The average molecular weight is 275 g/mol. The van der Waals surface area contributed by atoms with Crippen molar-refractivity contribution in [3.8, 4) is 0 Å². The molecule has 4 nitrogen and oxygen atoms in total. The zero-order valence-electron chi connectivity index (χ0n) is 9.61. The molecular formula is C11H15ClN2O2S. The number of pyridine rings is 1. The third kappa shape index (κ3) is 2.97. The minimum atomic E-state index is -3.46. The summed E-state index contributed by atoms with van der Waals surface area (Å²) < 4.78 is 26.6. The highest BCUT2D eigenvalue weighted by Crippen LogP contribution is 2.48. The van der Waals surface area contributed by atoms with Gasteiger partial charge < -0.3 is 0 Å². The minimum absolute atomic E-state index is 0.171. The van der Waals surface area contributed by atoms with Crippen LogP contribution in [0.15, 0.2) is 23.2 Å². The molecule has 1 N–H and O–H groups in total. The highest BCUT2D eigenvalue weighted by molar-refractivity contribution is 7.89. The first-order valence-corrected chi connectivity index (χ1v) is 7.45. The number of nitrogens with zero attached hydrogens (tertiary/aromatic N) is 1. The number of aromatic nitrogens is 1. The predicted octanol–water partition coefficient (Wildman–Crippen LogP) is 2.20. The quantitative estimate of drug-likeness (QED) is 0.838. The topological polar surface area (TPSA) is 59.1 Å². The van der Waals surface area contributed by atoms with Gasteiger partial charge in [0.05, 0.1) is 4.90 Å². The van der Waals surface area contributed by atoms with E-state index in [0.29, 0.717) is 6.54 Å². The third-order valence-electron chi connectivity index (χ3n) is 3.35. The van der Waals surface area contributed by atoms with Crippen LogP contribution in [0.25, 0.3) is 0 Å². The van der Waals surface area contributed by atoms with Gasteiger partial charge in [-0.3, -0.25) is 0 Å². The van der Waals surface area contributed by atoms with Gasteiger partial charge in [-0.05, 0) is 36.8 Å². The van der Waals surface area contributed by atoms with Crippen LogP contribution in [0.2, 0.25) is 5.15 Å². The maximum absolute atomic E-state index is 12.0. The van der Waals surface area contributed by atoms with Crippen molar-refractivity contribution in [3.63, 3.8) is 0 Å². The summed E-state index contributed by atoms with van der Waals surface area (Å²) in [5, 5.41) is 0.185. The molecule has 1 fully saturated rings. The van der Waals surface area contributed by atoms with Crippen LogP contribution >= 0.6 is 11.6 Å². The molecule has 0 amide bonds. The Morgan fingerprint density at radius 3 is 2.76 bits per heavy atom. The second-order valence-electron chi connectivity index (χ2n) is 4.49. The van der Waals surface area contributed by atoms with E-state index < -0.39 is 10.0 Å². The molecule has 1 aliphatic carbocycles. The van der Waals surface area contributed by atoms with Gasteiger partial charge in [-0.2, -0.15) is 0 Å². The fourth-order valence-electron chi connectivity index (χ4n) is 1.72. The van der Waals surface area contributed by atoms with Gasteiger partial charge in [0.25, 0.3) is 0 Å².